The number of sulfonamides is 1. The lowest BCUT2D eigenvalue weighted by atomic mass is 10.1. The second-order valence-corrected chi connectivity index (χ2v) is 5.31. The summed E-state index contributed by atoms with van der Waals surface area (Å²) >= 11 is 0. The Hall–Kier alpha value is -0.620. The van der Waals surface area contributed by atoms with Gasteiger partial charge >= 0.3 is 0 Å². The fraction of sp³-hybridized carbons (Fsp3) is 0.875. The van der Waals surface area contributed by atoms with Crippen molar-refractivity contribution < 1.29 is 13.2 Å². The van der Waals surface area contributed by atoms with E-state index in [0.29, 0.717) is 6.42 Å². The molecule has 3 N–H and O–H groups in total. The van der Waals surface area contributed by atoms with Crippen molar-refractivity contribution in [2.24, 2.45) is 5.73 Å². The van der Waals surface area contributed by atoms with Gasteiger partial charge in [-0.25, -0.2) is 8.42 Å². The van der Waals surface area contributed by atoms with Gasteiger partial charge in [0.05, 0.1) is 5.75 Å². The van der Waals surface area contributed by atoms with Crippen molar-refractivity contribution in [2.75, 3.05) is 5.75 Å². The average molecular weight is 222 g/mol. The Kier molecular flexibility index (Phi) is 5.71. The zero-order valence-corrected chi connectivity index (χ0v) is 9.43. The van der Waals surface area contributed by atoms with Crippen LogP contribution in [0.2, 0.25) is 0 Å². The van der Waals surface area contributed by atoms with Gasteiger partial charge < -0.3 is 5.73 Å². The first-order chi connectivity index (χ1) is 6.37. The van der Waals surface area contributed by atoms with Gasteiger partial charge in [0.1, 0.15) is 0 Å². The summed E-state index contributed by atoms with van der Waals surface area (Å²) in [4.78, 5) is 11.1. The maximum absolute atomic E-state index is 11.1. The Labute approximate surface area is 85.1 Å². The first kappa shape index (κ1) is 13.4. The summed E-state index contributed by atoms with van der Waals surface area (Å²) in [5, 5.41) is 0. The van der Waals surface area contributed by atoms with Crippen LogP contribution in [0.4, 0.5) is 0 Å². The van der Waals surface area contributed by atoms with Gasteiger partial charge in [-0.1, -0.05) is 0 Å². The summed E-state index contributed by atoms with van der Waals surface area (Å²) in [6.07, 6.45) is 1.54. The summed E-state index contributed by atoms with van der Waals surface area (Å²) in [6, 6.07) is 0.0468. The van der Waals surface area contributed by atoms with Crippen LogP contribution in [0.5, 0.6) is 0 Å². The zero-order chi connectivity index (χ0) is 11.2. The van der Waals surface area contributed by atoms with Crippen molar-refractivity contribution in [2.45, 2.75) is 39.2 Å². The van der Waals surface area contributed by atoms with Gasteiger partial charge in [-0.2, -0.15) is 0 Å². The molecule has 0 spiro atoms. The fourth-order valence-electron chi connectivity index (χ4n) is 0.881. The molecule has 0 heterocycles. The molecule has 84 valence electrons. The van der Waals surface area contributed by atoms with Crippen LogP contribution in [-0.2, 0) is 14.8 Å². The Morgan fingerprint density at radius 2 is 2.07 bits per heavy atom. The molecular formula is C8H18N2O3S. The van der Waals surface area contributed by atoms with Gasteiger partial charge in [-0.15, -0.1) is 0 Å². The van der Waals surface area contributed by atoms with Crippen molar-refractivity contribution in [3.8, 4) is 0 Å². The van der Waals surface area contributed by atoms with E-state index in [4.69, 9.17) is 5.73 Å². The molecule has 14 heavy (non-hydrogen) atoms. The second-order valence-electron chi connectivity index (χ2n) is 3.30. The molecule has 0 aliphatic carbocycles. The third-order valence-electron chi connectivity index (χ3n) is 1.71. The summed E-state index contributed by atoms with van der Waals surface area (Å²) in [5.41, 5.74) is 5.48. The van der Waals surface area contributed by atoms with E-state index >= 15 is 0 Å². The quantitative estimate of drug-likeness (QED) is 0.660. The predicted octanol–water partition coefficient (Wildman–Crippen LogP) is -0.0302. The minimum atomic E-state index is -3.40. The highest BCUT2D eigenvalue weighted by molar-refractivity contribution is 7.90. The number of hydrogen-bond donors (Lipinski definition) is 2. The van der Waals surface area contributed by atoms with Crippen LogP contribution in [0.1, 0.15) is 33.1 Å². The summed E-state index contributed by atoms with van der Waals surface area (Å²) in [5.74, 6) is -0.529. The molecule has 0 aromatic rings. The number of nitrogens with two attached hydrogens (primary N) is 1. The van der Waals surface area contributed by atoms with E-state index in [1.165, 1.54) is 6.92 Å². The number of carbonyl (C=O) groups is 1. The molecule has 6 heteroatoms. The minimum absolute atomic E-state index is 0.0468. The highest BCUT2D eigenvalue weighted by Crippen LogP contribution is 1.98. The standard InChI is InChI=1S/C8H18N2O3S/c1-3-14(12,13)10-8(11)6-4-5-7(2)9/h7H,3-6,9H2,1-2H3,(H,10,11). The van der Waals surface area contributed by atoms with Gasteiger partial charge in [0.2, 0.25) is 15.9 Å². The van der Waals surface area contributed by atoms with Crippen LogP contribution in [0.15, 0.2) is 0 Å². The number of hydrogen-bond acceptors (Lipinski definition) is 4. The minimum Gasteiger partial charge on any atom is -0.328 e. The Balaban J connectivity index is 3.78. The maximum Gasteiger partial charge on any atom is 0.234 e. The largest absolute Gasteiger partial charge is 0.328 e. The number of rotatable bonds is 6. The molecule has 0 aromatic heterocycles. The Bertz CT molecular complexity index is 272. The van der Waals surface area contributed by atoms with Gasteiger partial charge in [-0.05, 0) is 26.7 Å². The highest BCUT2D eigenvalue weighted by Gasteiger charge is 2.11. The molecule has 0 saturated carbocycles. The van der Waals surface area contributed by atoms with E-state index in [2.05, 4.69) is 0 Å². The zero-order valence-electron chi connectivity index (χ0n) is 8.62. The average Bonchev–Trinajstić information content (AvgIpc) is 2.02. The van der Waals surface area contributed by atoms with Crippen molar-refractivity contribution in [3.05, 3.63) is 0 Å². The summed E-state index contributed by atoms with van der Waals surface area (Å²) < 4.78 is 23.9. The van der Waals surface area contributed by atoms with Crippen molar-refractivity contribution in [3.63, 3.8) is 0 Å². The maximum atomic E-state index is 11.1. The van der Waals surface area contributed by atoms with Gasteiger partial charge in [0.15, 0.2) is 0 Å². The molecule has 0 aliphatic rings. The second kappa shape index (κ2) is 5.98. The van der Waals surface area contributed by atoms with Crippen molar-refractivity contribution >= 4 is 15.9 Å². The van der Waals surface area contributed by atoms with Gasteiger partial charge in [0.25, 0.3) is 0 Å². The van der Waals surface area contributed by atoms with Crippen LogP contribution in [0.25, 0.3) is 0 Å². The van der Waals surface area contributed by atoms with E-state index in [0.717, 1.165) is 6.42 Å². The molecular weight excluding hydrogens is 204 g/mol. The van der Waals surface area contributed by atoms with Crippen molar-refractivity contribution in [1.82, 2.24) is 4.72 Å². The Morgan fingerprint density at radius 3 is 2.50 bits per heavy atom. The number of carbonyl (C=O) groups excluding carboxylic acids is 1. The molecule has 0 bridgehead atoms. The molecule has 0 aliphatic heterocycles. The molecule has 0 radical (unpaired) electrons. The smallest absolute Gasteiger partial charge is 0.234 e. The first-order valence-corrected chi connectivity index (χ1v) is 6.31. The number of amides is 1. The molecule has 0 rings (SSSR count). The molecule has 0 fully saturated rings. The van der Waals surface area contributed by atoms with Gasteiger partial charge in [-0.3, -0.25) is 9.52 Å². The molecule has 5 nitrogen and oxygen atoms in total. The SMILES string of the molecule is CCS(=O)(=O)NC(=O)CCCC(C)N. The van der Waals surface area contributed by atoms with E-state index in [1.807, 2.05) is 11.6 Å². The molecule has 1 atom stereocenters. The van der Waals surface area contributed by atoms with Crippen LogP contribution in [0, 0.1) is 0 Å². The molecule has 1 unspecified atom stereocenters. The van der Waals surface area contributed by atoms with E-state index in [-0.39, 0.29) is 18.2 Å². The lowest BCUT2D eigenvalue weighted by molar-refractivity contribution is -0.119. The van der Waals surface area contributed by atoms with Crippen LogP contribution < -0.4 is 10.5 Å². The van der Waals surface area contributed by atoms with E-state index in [9.17, 15) is 13.2 Å². The summed E-state index contributed by atoms with van der Waals surface area (Å²) in [7, 11) is -3.40. The topological polar surface area (TPSA) is 89.3 Å². The lowest BCUT2D eigenvalue weighted by Crippen LogP contribution is -2.31. The normalized spacial score (nSPS) is 13.6. The molecule has 1 amide bonds. The fourth-order valence-corrected chi connectivity index (χ4v) is 1.47. The third-order valence-corrected chi connectivity index (χ3v) is 3.01. The van der Waals surface area contributed by atoms with Crippen LogP contribution in [-0.4, -0.2) is 26.1 Å². The van der Waals surface area contributed by atoms with E-state index < -0.39 is 15.9 Å². The van der Waals surface area contributed by atoms with E-state index in [1.54, 1.807) is 0 Å². The molecule has 0 saturated heterocycles. The number of nitrogens with one attached hydrogen (secondary N) is 1. The van der Waals surface area contributed by atoms with Crippen molar-refractivity contribution in [1.29, 1.82) is 0 Å². The van der Waals surface area contributed by atoms with Crippen LogP contribution >= 0.6 is 0 Å². The lowest BCUT2D eigenvalue weighted by Gasteiger charge is -2.05. The monoisotopic (exact) mass is 222 g/mol. The Morgan fingerprint density at radius 1 is 1.50 bits per heavy atom. The highest BCUT2D eigenvalue weighted by atomic mass is 32.2. The molecule has 0 aromatic carbocycles. The summed E-state index contributed by atoms with van der Waals surface area (Å²) in [6.45, 7) is 3.33. The predicted molar refractivity (Wildman–Crippen MR) is 55.1 cm³/mol. The van der Waals surface area contributed by atoms with Gasteiger partial charge in [0, 0.05) is 12.5 Å². The van der Waals surface area contributed by atoms with Crippen LogP contribution in [0.3, 0.4) is 0 Å². The first-order valence-electron chi connectivity index (χ1n) is 4.66. The third kappa shape index (κ3) is 6.85.